The van der Waals surface area contributed by atoms with Crippen LogP contribution < -0.4 is 31.1 Å². The van der Waals surface area contributed by atoms with E-state index >= 15 is 0 Å². The molecular formula is C42H40N2O2Si2. The SMILES string of the molecule is C(CCCCC=NO[Si](c1ccccc1)(c1ccccc1)c1ccccc1)=NO[Si](c1ccccc1)(c1ccccc1)c1ccccc1. The van der Waals surface area contributed by atoms with Gasteiger partial charge in [-0.05, 0) is 56.8 Å². The first-order chi connectivity index (χ1) is 23.8. The van der Waals surface area contributed by atoms with E-state index < -0.39 is 16.6 Å². The minimum absolute atomic E-state index is 0.814. The number of oxime groups is 2. The largest absolute Gasteiger partial charge is 0.438 e. The minimum Gasteiger partial charge on any atom is -0.438 e. The third-order valence-corrected chi connectivity index (χ3v) is 16.2. The van der Waals surface area contributed by atoms with Gasteiger partial charge in [0.1, 0.15) is 0 Å². The highest BCUT2D eigenvalue weighted by Crippen LogP contribution is 2.12. The lowest BCUT2D eigenvalue weighted by atomic mass is 10.2. The average Bonchev–Trinajstić information content (AvgIpc) is 3.18. The summed E-state index contributed by atoms with van der Waals surface area (Å²) >= 11 is 0. The topological polar surface area (TPSA) is 43.2 Å². The molecule has 0 spiro atoms. The second-order valence-electron chi connectivity index (χ2n) is 11.6. The molecule has 0 aliphatic carbocycles. The lowest BCUT2D eigenvalue weighted by Gasteiger charge is -2.30. The molecule has 0 aliphatic heterocycles. The summed E-state index contributed by atoms with van der Waals surface area (Å²) in [5.74, 6) is 0. The Morgan fingerprint density at radius 1 is 0.333 bits per heavy atom. The van der Waals surface area contributed by atoms with Crippen LogP contribution in [0.3, 0.4) is 0 Å². The van der Waals surface area contributed by atoms with Gasteiger partial charge in [-0.3, -0.25) is 0 Å². The molecule has 0 atom stereocenters. The average molecular weight is 661 g/mol. The second-order valence-corrected chi connectivity index (χ2v) is 18.2. The van der Waals surface area contributed by atoms with E-state index in [0.29, 0.717) is 0 Å². The Kier molecular flexibility index (Phi) is 11.2. The number of unbranched alkanes of at least 4 members (excludes halogenated alkanes) is 3. The van der Waals surface area contributed by atoms with Crippen LogP contribution in [0.25, 0.3) is 0 Å². The molecule has 0 heterocycles. The van der Waals surface area contributed by atoms with Crippen LogP contribution in [-0.2, 0) is 9.05 Å². The Hall–Kier alpha value is -5.31. The molecule has 6 heteroatoms. The molecule has 0 amide bonds. The Morgan fingerprint density at radius 2 is 0.542 bits per heavy atom. The zero-order chi connectivity index (χ0) is 32.7. The molecule has 0 aliphatic rings. The maximum atomic E-state index is 6.66. The van der Waals surface area contributed by atoms with E-state index in [1.165, 1.54) is 0 Å². The number of nitrogens with zero attached hydrogens (tertiary/aromatic N) is 2. The van der Waals surface area contributed by atoms with E-state index in [2.05, 4.69) is 156 Å². The summed E-state index contributed by atoms with van der Waals surface area (Å²) in [6, 6.07) is 63.1. The normalized spacial score (nSPS) is 11.9. The van der Waals surface area contributed by atoms with E-state index in [0.717, 1.165) is 56.8 Å². The molecule has 0 saturated heterocycles. The van der Waals surface area contributed by atoms with Gasteiger partial charge in [0.25, 0.3) is 0 Å². The molecule has 238 valence electrons. The zero-order valence-corrected chi connectivity index (χ0v) is 29.0. The van der Waals surface area contributed by atoms with Crippen LogP contribution in [0.2, 0.25) is 0 Å². The van der Waals surface area contributed by atoms with E-state index in [-0.39, 0.29) is 0 Å². The van der Waals surface area contributed by atoms with Gasteiger partial charge in [0.2, 0.25) is 0 Å². The van der Waals surface area contributed by atoms with E-state index in [4.69, 9.17) is 9.05 Å². The lowest BCUT2D eigenvalue weighted by Crippen LogP contribution is -2.68. The number of benzene rings is 6. The Bertz CT molecular complexity index is 1520. The fourth-order valence-electron chi connectivity index (χ4n) is 6.16. The highest BCUT2D eigenvalue weighted by atomic mass is 28.4. The highest BCUT2D eigenvalue weighted by Gasteiger charge is 2.45. The molecule has 0 saturated carbocycles. The predicted octanol–water partition coefficient (Wildman–Crippen LogP) is 5.89. The molecule has 0 fully saturated rings. The van der Waals surface area contributed by atoms with E-state index in [1.807, 2.05) is 48.8 Å². The van der Waals surface area contributed by atoms with Crippen molar-refractivity contribution in [1.29, 1.82) is 0 Å². The molecule has 0 aromatic heterocycles. The van der Waals surface area contributed by atoms with E-state index in [1.54, 1.807) is 0 Å². The summed E-state index contributed by atoms with van der Waals surface area (Å²) in [5.41, 5.74) is 0. The smallest absolute Gasteiger partial charge is 0.380 e. The minimum atomic E-state index is -2.84. The van der Waals surface area contributed by atoms with Crippen LogP contribution in [0.4, 0.5) is 0 Å². The maximum Gasteiger partial charge on any atom is 0.380 e. The molecule has 4 nitrogen and oxygen atoms in total. The van der Waals surface area contributed by atoms with Crippen LogP contribution in [0.5, 0.6) is 0 Å². The summed E-state index contributed by atoms with van der Waals surface area (Å²) < 4.78 is 13.3. The predicted molar refractivity (Wildman–Crippen MR) is 206 cm³/mol. The standard InChI is InChI=1S/C42H40N2O2Si2/c1(21-35-43-45-47(37-23-9-3-10-24-37,38-25-11-4-12-26-38)39-27-13-5-14-28-39)2-22-36-44-46-48(40-29-15-6-16-30-40,41-31-17-7-18-32-41)42-33-19-8-20-34-42/h3-20,23-36H,1-2,21-22H2. The maximum absolute atomic E-state index is 6.66. The van der Waals surface area contributed by atoms with Gasteiger partial charge in [0, 0.05) is 12.4 Å². The van der Waals surface area contributed by atoms with Crippen LogP contribution in [-0.4, -0.2) is 29.1 Å². The van der Waals surface area contributed by atoms with Crippen molar-refractivity contribution in [3.63, 3.8) is 0 Å². The number of hydrogen-bond acceptors (Lipinski definition) is 4. The summed E-state index contributed by atoms with van der Waals surface area (Å²) in [5, 5.41) is 16.2. The third-order valence-electron chi connectivity index (χ3n) is 8.53. The van der Waals surface area contributed by atoms with Crippen LogP contribution in [0.1, 0.15) is 25.7 Å². The van der Waals surface area contributed by atoms with Gasteiger partial charge >= 0.3 is 16.6 Å². The van der Waals surface area contributed by atoms with Gasteiger partial charge in [-0.15, -0.1) is 10.3 Å². The fraction of sp³-hybridized carbons (Fsp3) is 0.0952. The van der Waals surface area contributed by atoms with Crippen LogP contribution in [0, 0.1) is 0 Å². The first-order valence-corrected chi connectivity index (χ1v) is 20.4. The lowest BCUT2D eigenvalue weighted by molar-refractivity contribution is 0.349. The monoisotopic (exact) mass is 660 g/mol. The third kappa shape index (κ3) is 7.30. The van der Waals surface area contributed by atoms with Crippen molar-refractivity contribution in [2.75, 3.05) is 0 Å². The van der Waals surface area contributed by atoms with Crippen LogP contribution >= 0.6 is 0 Å². The molecule has 0 N–H and O–H groups in total. The molecule has 6 rings (SSSR count). The van der Waals surface area contributed by atoms with Gasteiger partial charge in [0.05, 0.1) is 0 Å². The molecular weight excluding hydrogens is 621 g/mol. The van der Waals surface area contributed by atoms with E-state index in [9.17, 15) is 0 Å². The van der Waals surface area contributed by atoms with Crippen molar-refractivity contribution in [3.05, 3.63) is 182 Å². The highest BCUT2D eigenvalue weighted by molar-refractivity contribution is 7.07. The van der Waals surface area contributed by atoms with Crippen molar-refractivity contribution in [3.8, 4) is 0 Å². The zero-order valence-electron chi connectivity index (χ0n) is 27.0. The first kappa shape index (κ1) is 32.6. The molecule has 0 radical (unpaired) electrons. The Labute approximate surface area is 286 Å². The van der Waals surface area contributed by atoms with Crippen molar-refractivity contribution in [2.45, 2.75) is 25.7 Å². The molecule has 6 aromatic carbocycles. The second kappa shape index (κ2) is 16.5. The van der Waals surface area contributed by atoms with Crippen molar-refractivity contribution in [1.82, 2.24) is 0 Å². The number of hydrogen-bond donors (Lipinski definition) is 0. The van der Waals surface area contributed by atoms with Gasteiger partial charge in [-0.1, -0.05) is 182 Å². The van der Waals surface area contributed by atoms with Gasteiger partial charge in [0.15, 0.2) is 0 Å². The quantitative estimate of drug-likeness (QED) is 0.0454. The summed E-state index contributed by atoms with van der Waals surface area (Å²) in [6.07, 6.45) is 7.40. The van der Waals surface area contributed by atoms with Gasteiger partial charge < -0.3 is 9.05 Å². The molecule has 0 bridgehead atoms. The van der Waals surface area contributed by atoms with Crippen LogP contribution in [0.15, 0.2) is 192 Å². The van der Waals surface area contributed by atoms with Gasteiger partial charge in [-0.2, -0.15) is 0 Å². The first-order valence-electron chi connectivity index (χ1n) is 16.6. The summed E-state index contributed by atoms with van der Waals surface area (Å²) in [6.45, 7) is 0. The molecule has 0 unspecified atom stereocenters. The van der Waals surface area contributed by atoms with Crippen molar-refractivity contribution < 1.29 is 9.05 Å². The fourth-order valence-corrected chi connectivity index (χ4v) is 13.2. The molecule has 48 heavy (non-hydrogen) atoms. The molecule has 6 aromatic rings. The summed E-state index contributed by atoms with van der Waals surface area (Å²) in [7, 11) is -5.69. The summed E-state index contributed by atoms with van der Waals surface area (Å²) in [4.78, 5) is 0. The Morgan fingerprint density at radius 3 is 0.750 bits per heavy atom. The number of rotatable bonds is 15. The van der Waals surface area contributed by atoms with Crippen molar-refractivity contribution in [2.24, 2.45) is 10.3 Å². The van der Waals surface area contributed by atoms with Crippen molar-refractivity contribution >= 4 is 60.2 Å². The van der Waals surface area contributed by atoms with Gasteiger partial charge in [-0.25, -0.2) is 0 Å². The Balaban J connectivity index is 1.12.